The third-order valence-corrected chi connectivity index (χ3v) is 5.45. The highest BCUT2D eigenvalue weighted by Crippen LogP contribution is 2.20. The number of hydrogen-bond donors (Lipinski definition) is 2. The fraction of sp³-hybridized carbons (Fsp3) is 0.600. The largest absolute Gasteiger partial charge is 0.497 e. The first-order chi connectivity index (χ1) is 10.5. The molecule has 2 rings (SSSR count). The van der Waals surface area contributed by atoms with Crippen molar-refractivity contribution < 1.29 is 13.2 Å². The zero-order valence-electron chi connectivity index (χ0n) is 14.1. The van der Waals surface area contributed by atoms with E-state index < -0.39 is 10.0 Å². The summed E-state index contributed by atoms with van der Waals surface area (Å²) in [6, 6.07) is 4.99. The molecular weight excluding hydrogens is 373 g/mol. The number of rotatable bonds is 7. The zero-order valence-corrected chi connectivity index (χ0v) is 16.5. The fourth-order valence-electron chi connectivity index (χ4n) is 2.57. The lowest BCUT2D eigenvalue weighted by Crippen LogP contribution is -2.44. The summed E-state index contributed by atoms with van der Waals surface area (Å²) >= 11 is 0. The van der Waals surface area contributed by atoms with Gasteiger partial charge in [-0.2, -0.15) is 0 Å². The van der Waals surface area contributed by atoms with Crippen LogP contribution in [0.15, 0.2) is 23.1 Å². The molecule has 24 heavy (non-hydrogen) atoms. The highest BCUT2D eigenvalue weighted by Gasteiger charge is 2.17. The molecule has 0 aliphatic carbocycles. The predicted octanol–water partition coefficient (Wildman–Crippen LogP) is 1.42. The molecule has 0 saturated carbocycles. The SMILES string of the molecule is COc1ccc(S(=O)(=O)NCCCN2CCNCC2)c(C)c1.Cl.Cl. The van der Waals surface area contributed by atoms with Gasteiger partial charge in [0.1, 0.15) is 5.75 Å². The van der Waals surface area contributed by atoms with Gasteiger partial charge in [0.15, 0.2) is 0 Å². The van der Waals surface area contributed by atoms with E-state index >= 15 is 0 Å². The molecule has 140 valence electrons. The Kier molecular flexibility index (Phi) is 10.9. The first-order valence-electron chi connectivity index (χ1n) is 7.60. The van der Waals surface area contributed by atoms with Gasteiger partial charge in [-0.05, 0) is 43.7 Å². The van der Waals surface area contributed by atoms with Gasteiger partial charge in [0, 0.05) is 32.7 Å². The molecule has 1 heterocycles. The van der Waals surface area contributed by atoms with Gasteiger partial charge in [0.25, 0.3) is 0 Å². The number of ether oxygens (including phenoxy) is 1. The van der Waals surface area contributed by atoms with E-state index in [0.29, 0.717) is 22.8 Å². The van der Waals surface area contributed by atoms with Crippen LogP contribution in [0.2, 0.25) is 0 Å². The van der Waals surface area contributed by atoms with Crippen LogP contribution in [0.5, 0.6) is 5.75 Å². The molecule has 1 aliphatic rings. The van der Waals surface area contributed by atoms with Gasteiger partial charge in [-0.3, -0.25) is 0 Å². The quantitative estimate of drug-likeness (QED) is 0.678. The Morgan fingerprint density at radius 1 is 1.25 bits per heavy atom. The number of aryl methyl sites for hydroxylation is 1. The van der Waals surface area contributed by atoms with E-state index in [2.05, 4.69) is 14.9 Å². The Morgan fingerprint density at radius 2 is 1.92 bits per heavy atom. The molecule has 1 fully saturated rings. The van der Waals surface area contributed by atoms with Crippen molar-refractivity contribution >= 4 is 34.8 Å². The average Bonchev–Trinajstić information content (AvgIpc) is 2.52. The second-order valence-corrected chi connectivity index (χ2v) is 7.21. The highest BCUT2D eigenvalue weighted by molar-refractivity contribution is 7.89. The van der Waals surface area contributed by atoms with E-state index in [1.165, 1.54) is 0 Å². The van der Waals surface area contributed by atoms with Gasteiger partial charge in [-0.25, -0.2) is 13.1 Å². The first kappa shape index (κ1) is 23.4. The minimum absolute atomic E-state index is 0. The number of piperazine rings is 1. The van der Waals surface area contributed by atoms with E-state index in [9.17, 15) is 8.42 Å². The molecule has 9 heteroatoms. The number of halogens is 2. The number of benzene rings is 1. The van der Waals surface area contributed by atoms with E-state index in [-0.39, 0.29) is 24.8 Å². The maximum atomic E-state index is 12.3. The van der Waals surface area contributed by atoms with Crippen molar-refractivity contribution in [1.82, 2.24) is 14.9 Å². The molecule has 0 bridgehead atoms. The molecule has 1 aromatic rings. The first-order valence-corrected chi connectivity index (χ1v) is 9.08. The molecule has 1 aliphatic heterocycles. The minimum Gasteiger partial charge on any atom is -0.497 e. The van der Waals surface area contributed by atoms with Crippen LogP contribution in [0.1, 0.15) is 12.0 Å². The summed E-state index contributed by atoms with van der Waals surface area (Å²) in [6.45, 7) is 7.24. The zero-order chi connectivity index (χ0) is 16.0. The smallest absolute Gasteiger partial charge is 0.240 e. The highest BCUT2D eigenvalue weighted by atomic mass is 35.5. The van der Waals surface area contributed by atoms with Crippen molar-refractivity contribution in [2.75, 3.05) is 46.4 Å². The molecule has 0 amide bonds. The maximum Gasteiger partial charge on any atom is 0.240 e. The van der Waals surface area contributed by atoms with E-state index in [1.807, 2.05) is 0 Å². The predicted molar refractivity (Wildman–Crippen MR) is 101 cm³/mol. The number of nitrogens with one attached hydrogen (secondary N) is 2. The van der Waals surface area contributed by atoms with Gasteiger partial charge >= 0.3 is 0 Å². The van der Waals surface area contributed by atoms with Crippen molar-refractivity contribution in [3.05, 3.63) is 23.8 Å². The van der Waals surface area contributed by atoms with E-state index in [1.54, 1.807) is 32.2 Å². The fourth-order valence-corrected chi connectivity index (χ4v) is 3.87. The number of nitrogens with zero attached hydrogens (tertiary/aromatic N) is 1. The Balaban J connectivity index is 0.00000264. The van der Waals surface area contributed by atoms with Gasteiger partial charge in [-0.1, -0.05) is 0 Å². The number of hydrogen-bond acceptors (Lipinski definition) is 5. The minimum atomic E-state index is -3.46. The molecule has 6 nitrogen and oxygen atoms in total. The molecule has 0 radical (unpaired) electrons. The Hall–Kier alpha value is -0.570. The van der Waals surface area contributed by atoms with E-state index in [4.69, 9.17) is 4.74 Å². The third kappa shape index (κ3) is 6.74. The van der Waals surface area contributed by atoms with Crippen LogP contribution in [0, 0.1) is 6.92 Å². The number of sulfonamides is 1. The second kappa shape index (κ2) is 11.1. The van der Waals surface area contributed by atoms with Crippen molar-refractivity contribution in [3.63, 3.8) is 0 Å². The maximum absolute atomic E-state index is 12.3. The van der Waals surface area contributed by atoms with Crippen LogP contribution in [-0.4, -0.2) is 59.7 Å². The molecule has 0 atom stereocenters. The summed E-state index contributed by atoms with van der Waals surface area (Å²) in [5, 5.41) is 3.30. The van der Waals surface area contributed by atoms with Crippen LogP contribution in [0.4, 0.5) is 0 Å². The average molecular weight is 400 g/mol. The monoisotopic (exact) mass is 399 g/mol. The standard InChI is InChI=1S/C15H25N3O3S.2ClH/c1-13-12-14(21-2)4-5-15(13)22(19,20)17-6-3-9-18-10-7-16-8-11-18;;/h4-5,12,16-17H,3,6-11H2,1-2H3;2*1H. The lowest BCUT2D eigenvalue weighted by molar-refractivity contribution is 0.239. The molecule has 1 saturated heterocycles. The van der Waals surface area contributed by atoms with Gasteiger partial charge in [0.05, 0.1) is 12.0 Å². The second-order valence-electron chi connectivity index (χ2n) is 5.47. The summed E-state index contributed by atoms with van der Waals surface area (Å²) in [4.78, 5) is 2.67. The number of methoxy groups -OCH3 is 1. The van der Waals surface area contributed by atoms with Crippen molar-refractivity contribution in [3.8, 4) is 5.75 Å². The molecule has 0 spiro atoms. The van der Waals surface area contributed by atoms with Crippen LogP contribution in [-0.2, 0) is 10.0 Å². The normalized spacial score (nSPS) is 15.2. The lowest BCUT2D eigenvalue weighted by atomic mass is 10.2. The molecule has 0 unspecified atom stereocenters. The van der Waals surface area contributed by atoms with Gasteiger partial charge in [0.2, 0.25) is 10.0 Å². The third-order valence-electron chi connectivity index (χ3n) is 3.82. The summed E-state index contributed by atoms with van der Waals surface area (Å²) in [7, 11) is -1.89. The van der Waals surface area contributed by atoms with Gasteiger partial charge < -0.3 is 15.0 Å². The van der Waals surface area contributed by atoms with E-state index in [0.717, 1.165) is 39.1 Å². The summed E-state index contributed by atoms with van der Waals surface area (Å²) in [5.41, 5.74) is 0.689. The van der Waals surface area contributed by atoms with Crippen LogP contribution in [0.25, 0.3) is 0 Å². The summed E-state index contributed by atoms with van der Waals surface area (Å²) in [6.07, 6.45) is 0.814. The Bertz CT molecular complexity index is 594. The van der Waals surface area contributed by atoms with Crippen LogP contribution in [0.3, 0.4) is 0 Å². The molecule has 2 N–H and O–H groups in total. The van der Waals surface area contributed by atoms with Crippen molar-refractivity contribution in [2.24, 2.45) is 0 Å². The van der Waals surface area contributed by atoms with Crippen LogP contribution >= 0.6 is 24.8 Å². The Morgan fingerprint density at radius 3 is 2.50 bits per heavy atom. The molecular formula is C15H27Cl2N3O3S. The summed E-state index contributed by atoms with van der Waals surface area (Å²) in [5.74, 6) is 0.662. The molecule has 0 aromatic heterocycles. The Labute approximate surface area is 157 Å². The van der Waals surface area contributed by atoms with Crippen molar-refractivity contribution in [2.45, 2.75) is 18.2 Å². The van der Waals surface area contributed by atoms with Crippen LogP contribution < -0.4 is 14.8 Å². The molecule has 1 aromatic carbocycles. The topological polar surface area (TPSA) is 70.7 Å². The van der Waals surface area contributed by atoms with Gasteiger partial charge in [-0.15, -0.1) is 24.8 Å². The van der Waals surface area contributed by atoms with Crippen molar-refractivity contribution in [1.29, 1.82) is 0 Å². The lowest BCUT2D eigenvalue weighted by Gasteiger charge is -2.27. The summed E-state index contributed by atoms with van der Waals surface area (Å²) < 4.78 is 32.4.